The number of benzene rings is 1. The normalized spacial score (nSPS) is 20.3. The molecule has 0 spiro atoms. The van der Waals surface area contributed by atoms with Gasteiger partial charge in [0.2, 0.25) is 5.91 Å². The molecule has 1 aromatic rings. The van der Waals surface area contributed by atoms with Crippen molar-refractivity contribution in [2.45, 2.75) is 25.8 Å². The fourth-order valence-electron chi connectivity index (χ4n) is 2.31. The Morgan fingerprint density at radius 2 is 2.37 bits per heavy atom. The van der Waals surface area contributed by atoms with Crippen molar-refractivity contribution in [1.29, 1.82) is 0 Å². The highest BCUT2D eigenvalue weighted by Gasteiger charge is 2.18. The molecule has 0 aromatic heterocycles. The molecule has 5 heteroatoms. The Morgan fingerprint density at radius 3 is 3.05 bits per heavy atom. The molecule has 1 aliphatic heterocycles. The largest absolute Gasteiger partial charge is 0.327 e. The number of halogens is 1. The third-order valence-corrected chi connectivity index (χ3v) is 3.36. The summed E-state index contributed by atoms with van der Waals surface area (Å²) in [6, 6.07) is 4.85. The summed E-state index contributed by atoms with van der Waals surface area (Å²) in [5.74, 6) is -0.435. The summed E-state index contributed by atoms with van der Waals surface area (Å²) in [6.07, 6.45) is 2.04. The predicted octanol–water partition coefficient (Wildman–Crippen LogP) is 1.50. The first kappa shape index (κ1) is 14.0. The van der Waals surface area contributed by atoms with Gasteiger partial charge in [0, 0.05) is 18.3 Å². The summed E-state index contributed by atoms with van der Waals surface area (Å²) < 4.78 is 13.4. The van der Waals surface area contributed by atoms with E-state index < -0.39 is 0 Å². The first-order valence-electron chi connectivity index (χ1n) is 6.58. The number of anilines is 1. The lowest BCUT2D eigenvalue weighted by Crippen LogP contribution is -2.45. The van der Waals surface area contributed by atoms with Crippen molar-refractivity contribution >= 4 is 11.6 Å². The topological polar surface area (TPSA) is 58.4 Å². The van der Waals surface area contributed by atoms with Gasteiger partial charge in [0.1, 0.15) is 5.82 Å². The molecule has 1 heterocycles. The zero-order valence-electron chi connectivity index (χ0n) is 11.2. The van der Waals surface area contributed by atoms with E-state index in [1.807, 2.05) is 4.90 Å². The van der Waals surface area contributed by atoms with Gasteiger partial charge in [-0.1, -0.05) is 6.07 Å². The van der Waals surface area contributed by atoms with Crippen LogP contribution in [0.25, 0.3) is 0 Å². The van der Waals surface area contributed by atoms with E-state index in [4.69, 9.17) is 5.73 Å². The van der Waals surface area contributed by atoms with Gasteiger partial charge in [0.05, 0.1) is 6.54 Å². The molecule has 2 rings (SSSR count). The second-order valence-corrected chi connectivity index (χ2v) is 5.15. The lowest BCUT2D eigenvalue weighted by Gasteiger charge is -2.29. The molecule has 104 valence electrons. The maximum absolute atomic E-state index is 13.4. The van der Waals surface area contributed by atoms with Crippen molar-refractivity contribution in [1.82, 2.24) is 4.90 Å². The highest BCUT2D eigenvalue weighted by molar-refractivity contribution is 5.92. The molecule has 0 bridgehead atoms. The van der Waals surface area contributed by atoms with Gasteiger partial charge in [0.25, 0.3) is 0 Å². The zero-order chi connectivity index (χ0) is 13.8. The third-order valence-electron chi connectivity index (χ3n) is 3.36. The molecule has 1 atom stereocenters. The molecule has 0 aliphatic carbocycles. The average molecular weight is 265 g/mol. The summed E-state index contributed by atoms with van der Waals surface area (Å²) >= 11 is 0. The molecule has 19 heavy (non-hydrogen) atoms. The molecule has 1 amide bonds. The minimum Gasteiger partial charge on any atom is -0.327 e. The Morgan fingerprint density at radius 1 is 1.58 bits per heavy atom. The lowest BCUT2D eigenvalue weighted by atomic mass is 10.1. The fourth-order valence-corrected chi connectivity index (χ4v) is 2.31. The van der Waals surface area contributed by atoms with Crippen molar-refractivity contribution in [3.63, 3.8) is 0 Å². The van der Waals surface area contributed by atoms with Crippen molar-refractivity contribution in [2.75, 3.05) is 25.0 Å². The molecule has 0 saturated carbocycles. The number of rotatable bonds is 3. The Labute approximate surface area is 112 Å². The number of hydrogen-bond acceptors (Lipinski definition) is 3. The van der Waals surface area contributed by atoms with Crippen LogP contribution in [0.2, 0.25) is 0 Å². The van der Waals surface area contributed by atoms with E-state index in [1.54, 1.807) is 19.1 Å². The molecule has 3 N–H and O–H groups in total. The van der Waals surface area contributed by atoms with Gasteiger partial charge in [-0.2, -0.15) is 0 Å². The van der Waals surface area contributed by atoms with Gasteiger partial charge >= 0.3 is 0 Å². The van der Waals surface area contributed by atoms with Crippen LogP contribution in [-0.4, -0.2) is 36.5 Å². The first-order valence-corrected chi connectivity index (χ1v) is 6.58. The van der Waals surface area contributed by atoms with Crippen molar-refractivity contribution in [2.24, 2.45) is 5.73 Å². The number of nitrogens with zero attached hydrogens (tertiary/aromatic N) is 1. The van der Waals surface area contributed by atoms with Crippen LogP contribution >= 0.6 is 0 Å². The molecule has 0 radical (unpaired) electrons. The highest BCUT2D eigenvalue weighted by atomic mass is 19.1. The van der Waals surface area contributed by atoms with E-state index in [2.05, 4.69) is 5.32 Å². The number of nitrogens with one attached hydrogen (secondary N) is 1. The molecular formula is C14H20FN3O. The van der Waals surface area contributed by atoms with Crippen LogP contribution in [0.15, 0.2) is 18.2 Å². The molecule has 1 fully saturated rings. The first-order chi connectivity index (χ1) is 9.04. The molecule has 1 aliphatic rings. The standard InChI is InChI=1S/C14H20FN3O/c1-10-4-5-12(7-13(10)15)17-14(19)9-18-6-2-3-11(16)8-18/h4-5,7,11H,2-3,6,8-9,16H2,1H3,(H,17,19)/t11-/m1/s1. The third kappa shape index (κ3) is 4.01. The highest BCUT2D eigenvalue weighted by Crippen LogP contribution is 2.14. The van der Waals surface area contributed by atoms with Crippen LogP contribution in [0.3, 0.4) is 0 Å². The summed E-state index contributed by atoms with van der Waals surface area (Å²) in [4.78, 5) is 13.9. The summed E-state index contributed by atoms with van der Waals surface area (Å²) in [7, 11) is 0. The van der Waals surface area contributed by atoms with Gasteiger partial charge in [0.15, 0.2) is 0 Å². The minimum absolute atomic E-state index is 0.127. The van der Waals surface area contributed by atoms with Crippen LogP contribution in [-0.2, 0) is 4.79 Å². The van der Waals surface area contributed by atoms with Gasteiger partial charge in [-0.15, -0.1) is 0 Å². The quantitative estimate of drug-likeness (QED) is 0.870. The molecular weight excluding hydrogens is 245 g/mol. The smallest absolute Gasteiger partial charge is 0.238 e. The Kier molecular flexibility index (Phi) is 4.50. The van der Waals surface area contributed by atoms with Crippen molar-refractivity contribution < 1.29 is 9.18 Å². The van der Waals surface area contributed by atoms with Crippen LogP contribution in [0.5, 0.6) is 0 Å². The van der Waals surface area contributed by atoms with Crippen LogP contribution in [0.4, 0.5) is 10.1 Å². The maximum atomic E-state index is 13.4. The lowest BCUT2D eigenvalue weighted by molar-refractivity contribution is -0.117. The summed E-state index contributed by atoms with van der Waals surface area (Å²) in [5.41, 5.74) is 6.93. The van der Waals surface area contributed by atoms with E-state index in [0.29, 0.717) is 17.8 Å². The SMILES string of the molecule is Cc1ccc(NC(=O)CN2CCC[C@@H](N)C2)cc1F. The minimum atomic E-state index is -0.308. The number of aryl methyl sites for hydroxylation is 1. The number of carbonyl (C=O) groups excluding carboxylic acids is 1. The second kappa shape index (κ2) is 6.12. The number of hydrogen-bond donors (Lipinski definition) is 2. The van der Waals surface area contributed by atoms with Crippen molar-refractivity contribution in [3.05, 3.63) is 29.6 Å². The van der Waals surface area contributed by atoms with E-state index in [1.165, 1.54) is 6.07 Å². The van der Waals surface area contributed by atoms with Gasteiger partial charge < -0.3 is 11.1 Å². The van der Waals surface area contributed by atoms with Crippen LogP contribution in [0.1, 0.15) is 18.4 Å². The van der Waals surface area contributed by atoms with E-state index in [-0.39, 0.29) is 17.8 Å². The molecule has 4 nitrogen and oxygen atoms in total. The maximum Gasteiger partial charge on any atom is 0.238 e. The van der Waals surface area contributed by atoms with Gasteiger partial charge in [-0.05, 0) is 44.0 Å². The summed E-state index contributed by atoms with van der Waals surface area (Å²) in [6.45, 7) is 3.64. The molecule has 0 unspecified atom stereocenters. The Balaban J connectivity index is 1.88. The zero-order valence-corrected chi connectivity index (χ0v) is 11.2. The van der Waals surface area contributed by atoms with Gasteiger partial charge in [-0.25, -0.2) is 4.39 Å². The molecule has 1 aromatic carbocycles. The average Bonchev–Trinajstić information content (AvgIpc) is 2.34. The Hall–Kier alpha value is -1.46. The Bertz CT molecular complexity index is 464. The predicted molar refractivity (Wildman–Crippen MR) is 73.4 cm³/mol. The van der Waals surface area contributed by atoms with E-state index >= 15 is 0 Å². The number of amides is 1. The number of carbonyl (C=O) groups is 1. The summed E-state index contributed by atoms with van der Waals surface area (Å²) in [5, 5.41) is 2.71. The number of likely N-dealkylation sites (tertiary alicyclic amines) is 1. The second-order valence-electron chi connectivity index (χ2n) is 5.15. The van der Waals surface area contributed by atoms with Crippen LogP contribution in [0, 0.1) is 12.7 Å². The van der Waals surface area contributed by atoms with Crippen LogP contribution < -0.4 is 11.1 Å². The number of piperidine rings is 1. The van der Waals surface area contributed by atoms with E-state index in [0.717, 1.165) is 25.9 Å². The van der Waals surface area contributed by atoms with Crippen molar-refractivity contribution in [3.8, 4) is 0 Å². The van der Waals surface area contributed by atoms with Gasteiger partial charge in [-0.3, -0.25) is 9.69 Å². The van der Waals surface area contributed by atoms with E-state index in [9.17, 15) is 9.18 Å². The fraction of sp³-hybridized carbons (Fsp3) is 0.500. The number of nitrogens with two attached hydrogens (primary N) is 1. The monoisotopic (exact) mass is 265 g/mol. The molecule has 1 saturated heterocycles.